The first-order valence-electron chi connectivity index (χ1n) is 11.5. The number of nitrogens with zero attached hydrogens (tertiary/aromatic N) is 6. The Kier molecular flexibility index (Phi) is 6.45. The molecule has 5 heterocycles. The van der Waals surface area contributed by atoms with Gasteiger partial charge in [-0.2, -0.15) is 10.1 Å². The van der Waals surface area contributed by atoms with Crippen LogP contribution in [0.15, 0.2) is 48.8 Å². The largest absolute Gasteiger partial charge is 0.340 e. The number of hydrogen-bond donors (Lipinski definition) is 4. The van der Waals surface area contributed by atoms with Gasteiger partial charge >= 0.3 is 0 Å². The lowest BCUT2D eigenvalue weighted by Crippen LogP contribution is -2.41. The second-order valence-corrected chi connectivity index (χ2v) is 8.55. The van der Waals surface area contributed by atoms with Crippen molar-refractivity contribution >= 4 is 35.2 Å². The van der Waals surface area contributed by atoms with E-state index >= 15 is 0 Å². The van der Waals surface area contributed by atoms with Crippen LogP contribution < -0.4 is 26.1 Å². The number of rotatable bonds is 6. The van der Waals surface area contributed by atoms with Crippen molar-refractivity contribution in [3.05, 3.63) is 60.2 Å². The van der Waals surface area contributed by atoms with Crippen molar-refractivity contribution < 1.29 is 14.4 Å². The van der Waals surface area contributed by atoms with Gasteiger partial charge < -0.3 is 10.2 Å². The first kappa shape index (κ1) is 23.2. The van der Waals surface area contributed by atoms with Crippen LogP contribution in [0.4, 0.5) is 23.4 Å². The number of anilines is 4. The summed E-state index contributed by atoms with van der Waals surface area (Å²) in [4.78, 5) is 45.4. The minimum atomic E-state index is -0.557. The van der Waals surface area contributed by atoms with Crippen molar-refractivity contribution in [2.45, 2.75) is 26.4 Å². The van der Waals surface area contributed by atoms with Crippen LogP contribution in [0.5, 0.6) is 0 Å². The first-order chi connectivity index (χ1) is 17.4. The van der Waals surface area contributed by atoms with E-state index in [-0.39, 0.29) is 17.7 Å². The third-order valence-corrected chi connectivity index (χ3v) is 5.75. The van der Waals surface area contributed by atoms with Gasteiger partial charge in [-0.05, 0) is 31.6 Å². The van der Waals surface area contributed by atoms with E-state index in [0.717, 1.165) is 17.9 Å². The van der Waals surface area contributed by atoms with E-state index < -0.39 is 11.8 Å². The van der Waals surface area contributed by atoms with Crippen LogP contribution >= 0.6 is 0 Å². The molecule has 36 heavy (non-hydrogen) atoms. The van der Waals surface area contributed by atoms with Gasteiger partial charge in [0.1, 0.15) is 17.6 Å². The van der Waals surface area contributed by atoms with Crippen LogP contribution in [0.2, 0.25) is 0 Å². The minimum absolute atomic E-state index is 0.102. The number of amides is 2. The van der Waals surface area contributed by atoms with E-state index in [9.17, 15) is 9.59 Å². The highest BCUT2D eigenvalue weighted by molar-refractivity contribution is 5.94. The lowest BCUT2D eigenvalue weighted by atomic mass is 10.0. The number of hydroxylamine groups is 1. The number of carbonyl (C=O) groups excluding carboxylic acids is 2. The van der Waals surface area contributed by atoms with Crippen LogP contribution in [0.25, 0.3) is 0 Å². The highest BCUT2D eigenvalue weighted by Crippen LogP contribution is 2.31. The summed E-state index contributed by atoms with van der Waals surface area (Å²) in [5.74, 6) is 1.32. The summed E-state index contributed by atoms with van der Waals surface area (Å²) >= 11 is 0. The van der Waals surface area contributed by atoms with Gasteiger partial charge in [-0.3, -0.25) is 30.4 Å². The molecule has 2 aliphatic heterocycles. The molecule has 13 nitrogen and oxygen atoms in total. The molecule has 0 aliphatic carbocycles. The number of H-pyrrole nitrogens is 1. The molecule has 2 aliphatic rings. The molecule has 186 valence electrons. The van der Waals surface area contributed by atoms with E-state index in [1.54, 1.807) is 11.3 Å². The molecule has 5 rings (SSSR count). The summed E-state index contributed by atoms with van der Waals surface area (Å²) in [5.41, 5.74) is 5.61. The molecule has 0 aromatic carbocycles. The molecule has 0 radical (unpaired) electrons. The molecule has 2 atom stereocenters. The maximum Gasteiger partial charge on any atom is 0.288 e. The zero-order chi connectivity index (χ0) is 25.1. The van der Waals surface area contributed by atoms with Crippen molar-refractivity contribution in [1.82, 2.24) is 36.0 Å². The summed E-state index contributed by atoms with van der Waals surface area (Å²) in [6.45, 7) is 4.52. The molecule has 2 amide bonds. The molecule has 0 bridgehead atoms. The Bertz CT molecular complexity index is 1280. The molecule has 1 saturated heterocycles. The quantitative estimate of drug-likeness (QED) is 0.375. The Hall–Kier alpha value is -4.52. The smallest absolute Gasteiger partial charge is 0.288 e. The van der Waals surface area contributed by atoms with Crippen molar-refractivity contribution in [3.8, 4) is 0 Å². The van der Waals surface area contributed by atoms with E-state index in [0.29, 0.717) is 30.7 Å². The van der Waals surface area contributed by atoms with E-state index in [4.69, 9.17) is 4.84 Å². The number of aryl methyl sites for hydroxylation is 1. The molecule has 1 fully saturated rings. The van der Waals surface area contributed by atoms with Gasteiger partial charge in [0.15, 0.2) is 11.6 Å². The van der Waals surface area contributed by atoms with Crippen molar-refractivity contribution in [2.75, 3.05) is 28.4 Å². The SMILES string of the molecule is CC(=O)NNC(=O)c1cc(Nc2cc(C)[nH]n2)nc(N2CCC(C3C=CN(c4ccccn4)O3)C2)n1. The molecular formula is C23H26N10O3. The topological polar surface area (TPSA) is 153 Å². The number of nitrogens with one attached hydrogen (secondary N) is 4. The molecule has 0 saturated carbocycles. The third kappa shape index (κ3) is 5.25. The zero-order valence-electron chi connectivity index (χ0n) is 19.8. The normalized spacial score (nSPS) is 18.9. The fraction of sp³-hybridized carbons (Fsp3) is 0.304. The number of pyridine rings is 1. The Morgan fingerprint density at radius 3 is 2.81 bits per heavy atom. The molecule has 2 unspecified atom stereocenters. The Morgan fingerprint density at radius 2 is 2.06 bits per heavy atom. The number of aromatic nitrogens is 5. The van der Waals surface area contributed by atoms with Gasteiger partial charge in [0.05, 0.1) is 0 Å². The van der Waals surface area contributed by atoms with Gasteiger partial charge in [0, 0.05) is 56.2 Å². The average molecular weight is 491 g/mol. The fourth-order valence-electron chi connectivity index (χ4n) is 4.04. The second kappa shape index (κ2) is 10.00. The molecule has 0 spiro atoms. The predicted molar refractivity (Wildman–Crippen MR) is 131 cm³/mol. The maximum absolute atomic E-state index is 12.6. The molecule has 3 aromatic rings. The van der Waals surface area contributed by atoms with Crippen LogP contribution in [0.1, 0.15) is 29.5 Å². The van der Waals surface area contributed by atoms with Gasteiger partial charge in [-0.15, -0.1) is 0 Å². The van der Waals surface area contributed by atoms with Crippen LogP contribution in [0.3, 0.4) is 0 Å². The number of hydrazine groups is 1. The standard InChI is InChI=1S/C23H26N10O3/c1-14-11-20(30-28-14)26-19-12-17(22(35)31-29-15(2)34)25-23(27-19)32-9-6-16(13-32)18-7-10-33(36-18)21-5-3-4-8-24-21/h3-5,7-8,10-12,16,18H,6,9,13H2,1-2H3,(H,29,34)(H,31,35)(H2,25,26,27,28,30). The Labute approximate surface area is 206 Å². The number of aromatic amines is 1. The van der Waals surface area contributed by atoms with Gasteiger partial charge in [-0.1, -0.05) is 6.07 Å². The molecule has 13 heteroatoms. The molecular weight excluding hydrogens is 464 g/mol. The lowest BCUT2D eigenvalue weighted by Gasteiger charge is -2.22. The van der Waals surface area contributed by atoms with Crippen molar-refractivity contribution in [2.24, 2.45) is 5.92 Å². The highest BCUT2D eigenvalue weighted by atomic mass is 16.7. The van der Waals surface area contributed by atoms with Crippen LogP contribution in [-0.4, -0.2) is 56.2 Å². The van der Waals surface area contributed by atoms with Gasteiger partial charge in [-0.25, -0.2) is 15.0 Å². The zero-order valence-corrected chi connectivity index (χ0v) is 19.8. The summed E-state index contributed by atoms with van der Waals surface area (Å²) < 4.78 is 0. The summed E-state index contributed by atoms with van der Waals surface area (Å²) in [7, 11) is 0. The van der Waals surface area contributed by atoms with Crippen molar-refractivity contribution in [1.29, 1.82) is 0 Å². The monoisotopic (exact) mass is 490 g/mol. The summed E-state index contributed by atoms with van der Waals surface area (Å²) in [6, 6.07) is 8.98. The Balaban J connectivity index is 1.32. The average Bonchev–Trinajstić information content (AvgIpc) is 3.64. The predicted octanol–water partition coefficient (Wildman–Crippen LogP) is 1.59. The fourth-order valence-corrected chi connectivity index (χ4v) is 4.04. The minimum Gasteiger partial charge on any atom is -0.340 e. The lowest BCUT2D eigenvalue weighted by molar-refractivity contribution is -0.119. The summed E-state index contributed by atoms with van der Waals surface area (Å²) in [6.07, 6.45) is 6.37. The second-order valence-electron chi connectivity index (χ2n) is 8.55. The highest BCUT2D eigenvalue weighted by Gasteiger charge is 2.34. The van der Waals surface area contributed by atoms with Crippen molar-refractivity contribution in [3.63, 3.8) is 0 Å². The maximum atomic E-state index is 12.6. The van der Waals surface area contributed by atoms with Gasteiger partial charge in [0.2, 0.25) is 11.9 Å². The van der Waals surface area contributed by atoms with E-state index in [1.165, 1.54) is 13.0 Å². The molecule has 4 N–H and O–H groups in total. The number of hydrogen-bond acceptors (Lipinski definition) is 10. The first-order valence-corrected chi connectivity index (χ1v) is 11.5. The summed E-state index contributed by atoms with van der Waals surface area (Å²) in [5, 5.41) is 11.8. The molecule has 3 aromatic heterocycles. The number of carbonyl (C=O) groups is 2. The van der Waals surface area contributed by atoms with Gasteiger partial charge in [0.25, 0.3) is 5.91 Å². The van der Waals surface area contributed by atoms with E-state index in [2.05, 4.69) is 41.3 Å². The van der Waals surface area contributed by atoms with Crippen LogP contribution in [-0.2, 0) is 9.63 Å². The Morgan fingerprint density at radius 1 is 1.17 bits per heavy atom. The van der Waals surface area contributed by atoms with Crippen LogP contribution in [0, 0.1) is 12.8 Å². The third-order valence-electron chi connectivity index (χ3n) is 5.75. The van der Waals surface area contributed by atoms with E-state index in [1.807, 2.05) is 48.4 Å².